The lowest BCUT2D eigenvalue weighted by Crippen LogP contribution is -2.43. The molecule has 0 aromatic rings. The molecule has 5 heteroatoms. The Morgan fingerprint density at radius 2 is 1.84 bits per heavy atom. The first-order valence-electron chi connectivity index (χ1n) is 7.84. The molecule has 0 aromatic heterocycles. The molecule has 2 saturated carbocycles. The largest absolute Gasteiger partial charge is 0.314 e. The van der Waals surface area contributed by atoms with Crippen molar-refractivity contribution >= 4 is 10.0 Å². The fourth-order valence-electron chi connectivity index (χ4n) is 3.00. The van der Waals surface area contributed by atoms with E-state index in [1.54, 1.807) is 0 Å². The highest BCUT2D eigenvalue weighted by atomic mass is 32.2. The van der Waals surface area contributed by atoms with Gasteiger partial charge in [-0.3, -0.25) is 0 Å². The van der Waals surface area contributed by atoms with Gasteiger partial charge in [0, 0.05) is 12.1 Å². The van der Waals surface area contributed by atoms with Gasteiger partial charge in [0.25, 0.3) is 0 Å². The van der Waals surface area contributed by atoms with Gasteiger partial charge in [-0.15, -0.1) is 0 Å². The van der Waals surface area contributed by atoms with Gasteiger partial charge < -0.3 is 5.32 Å². The predicted molar refractivity (Wildman–Crippen MR) is 78.6 cm³/mol. The molecule has 2 unspecified atom stereocenters. The van der Waals surface area contributed by atoms with E-state index in [1.807, 2.05) is 0 Å². The minimum atomic E-state index is -3.09. The predicted octanol–water partition coefficient (Wildman–Crippen LogP) is 2.02. The molecule has 19 heavy (non-hydrogen) atoms. The molecule has 2 N–H and O–H groups in total. The molecule has 0 aromatic carbocycles. The molecule has 2 rings (SSSR count). The molecule has 0 spiro atoms. The molecule has 0 heterocycles. The van der Waals surface area contributed by atoms with Crippen molar-refractivity contribution in [2.45, 2.75) is 70.4 Å². The van der Waals surface area contributed by atoms with Gasteiger partial charge in [-0.05, 0) is 44.6 Å². The van der Waals surface area contributed by atoms with Crippen LogP contribution in [0.3, 0.4) is 0 Å². The second-order valence-electron chi connectivity index (χ2n) is 6.08. The van der Waals surface area contributed by atoms with Crippen LogP contribution in [0.25, 0.3) is 0 Å². The summed E-state index contributed by atoms with van der Waals surface area (Å²) in [7, 11) is -3.09. The summed E-state index contributed by atoms with van der Waals surface area (Å²) in [5.74, 6) is 0.799. The summed E-state index contributed by atoms with van der Waals surface area (Å²) < 4.78 is 27.1. The molecule has 2 atom stereocenters. The van der Waals surface area contributed by atoms with Crippen LogP contribution in [0.2, 0.25) is 0 Å². The number of hydrogen-bond donors (Lipinski definition) is 2. The lowest BCUT2D eigenvalue weighted by atomic mass is 9.83. The van der Waals surface area contributed by atoms with Crippen LogP contribution in [0, 0.1) is 5.92 Å². The van der Waals surface area contributed by atoms with Crippen molar-refractivity contribution in [2.75, 3.05) is 12.3 Å². The van der Waals surface area contributed by atoms with Crippen molar-refractivity contribution in [3.63, 3.8) is 0 Å². The Morgan fingerprint density at radius 1 is 1.11 bits per heavy atom. The van der Waals surface area contributed by atoms with E-state index in [4.69, 9.17) is 0 Å². The maximum Gasteiger partial charge on any atom is 0.211 e. The fraction of sp³-hybridized carbons (Fsp3) is 1.00. The summed E-state index contributed by atoms with van der Waals surface area (Å²) in [5, 5.41) is 3.36. The van der Waals surface area contributed by atoms with Crippen molar-refractivity contribution in [2.24, 2.45) is 5.92 Å². The average Bonchev–Trinajstić information content (AvgIpc) is 3.19. The third-order valence-corrected chi connectivity index (χ3v) is 5.85. The Balaban J connectivity index is 1.71. The third kappa shape index (κ3) is 5.40. The van der Waals surface area contributed by atoms with Gasteiger partial charge in [0.05, 0.1) is 5.75 Å². The van der Waals surface area contributed by atoms with E-state index in [0.717, 1.165) is 32.2 Å². The third-order valence-electron chi connectivity index (χ3n) is 4.36. The van der Waals surface area contributed by atoms with Crippen LogP contribution < -0.4 is 10.0 Å². The second-order valence-corrected chi connectivity index (χ2v) is 7.95. The standard InChI is InChI=1S/C14H28N2O2S/c1-2-12-6-3-4-7-14(12)16-19(17,18)11-5-10-15-13-8-9-13/h12-16H,2-11H2,1H3. The minimum Gasteiger partial charge on any atom is -0.314 e. The zero-order chi connectivity index (χ0) is 13.7. The zero-order valence-corrected chi connectivity index (χ0v) is 12.8. The van der Waals surface area contributed by atoms with E-state index in [2.05, 4.69) is 17.0 Å². The fourth-order valence-corrected chi connectivity index (χ4v) is 4.41. The minimum absolute atomic E-state index is 0.181. The molecule has 2 aliphatic carbocycles. The quantitative estimate of drug-likeness (QED) is 0.672. The van der Waals surface area contributed by atoms with Crippen molar-refractivity contribution in [1.29, 1.82) is 0 Å². The lowest BCUT2D eigenvalue weighted by Gasteiger charge is -2.31. The topological polar surface area (TPSA) is 58.2 Å². The van der Waals surface area contributed by atoms with Crippen LogP contribution in [0.4, 0.5) is 0 Å². The molecule has 2 aliphatic rings. The van der Waals surface area contributed by atoms with Crippen LogP contribution in [0.1, 0.15) is 58.3 Å². The molecule has 0 radical (unpaired) electrons. The summed E-state index contributed by atoms with van der Waals surface area (Å²) in [6.45, 7) is 2.99. The summed E-state index contributed by atoms with van der Waals surface area (Å²) in [6.07, 6.45) is 8.90. The molecule has 4 nitrogen and oxygen atoms in total. The number of sulfonamides is 1. The van der Waals surface area contributed by atoms with Crippen LogP contribution in [0.15, 0.2) is 0 Å². The van der Waals surface area contributed by atoms with Gasteiger partial charge in [0.15, 0.2) is 0 Å². The molecule has 0 amide bonds. The highest BCUT2D eigenvalue weighted by Crippen LogP contribution is 2.27. The second kappa shape index (κ2) is 7.04. The van der Waals surface area contributed by atoms with Gasteiger partial charge in [0.1, 0.15) is 0 Å². The van der Waals surface area contributed by atoms with Gasteiger partial charge in [-0.1, -0.05) is 26.2 Å². The summed E-state index contributed by atoms with van der Waals surface area (Å²) >= 11 is 0. The number of nitrogens with one attached hydrogen (secondary N) is 2. The van der Waals surface area contributed by atoms with Gasteiger partial charge in [-0.2, -0.15) is 0 Å². The van der Waals surface area contributed by atoms with E-state index < -0.39 is 10.0 Å². The first-order valence-corrected chi connectivity index (χ1v) is 9.49. The first kappa shape index (κ1) is 15.3. The van der Waals surface area contributed by atoms with Crippen molar-refractivity contribution in [3.05, 3.63) is 0 Å². The lowest BCUT2D eigenvalue weighted by molar-refractivity contribution is 0.282. The van der Waals surface area contributed by atoms with Crippen LogP contribution >= 0.6 is 0 Å². The molecule has 2 fully saturated rings. The van der Waals surface area contributed by atoms with Gasteiger partial charge in [-0.25, -0.2) is 13.1 Å². The molecule has 112 valence electrons. The maximum atomic E-state index is 12.1. The highest BCUT2D eigenvalue weighted by Gasteiger charge is 2.27. The van der Waals surface area contributed by atoms with E-state index in [1.165, 1.54) is 25.7 Å². The summed E-state index contributed by atoms with van der Waals surface area (Å²) in [6, 6.07) is 0.846. The number of rotatable bonds is 8. The van der Waals surface area contributed by atoms with Gasteiger partial charge in [0.2, 0.25) is 10.0 Å². The van der Waals surface area contributed by atoms with Crippen LogP contribution in [-0.2, 0) is 10.0 Å². The number of hydrogen-bond acceptors (Lipinski definition) is 3. The summed E-state index contributed by atoms with van der Waals surface area (Å²) in [5.41, 5.74) is 0. The van der Waals surface area contributed by atoms with Crippen molar-refractivity contribution in [3.8, 4) is 0 Å². The van der Waals surface area contributed by atoms with E-state index in [0.29, 0.717) is 12.0 Å². The van der Waals surface area contributed by atoms with Gasteiger partial charge >= 0.3 is 0 Å². The van der Waals surface area contributed by atoms with Crippen LogP contribution in [0.5, 0.6) is 0 Å². The first-order chi connectivity index (χ1) is 9.11. The Morgan fingerprint density at radius 3 is 2.53 bits per heavy atom. The average molecular weight is 288 g/mol. The normalized spacial score (nSPS) is 28.5. The SMILES string of the molecule is CCC1CCCCC1NS(=O)(=O)CCCNC1CC1. The molecular formula is C14H28N2O2S. The summed E-state index contributed by atoms with van der Waals surface area (Å²) in [4.78, 5) is 0. The molecule has 0 bridgehead atoms. The van der Waals surface area contributed by atoms with Crippen LogP contribution in [-0.4, -0.2) is 32.8 Å². The Labute approximate surface area is 117 Å². The smallest absolute Gasteiger partial charge is 0.211 e. The maximum absolute atomic E-state index is 12.1. The molecular weight excluding hydrogens is 260 g/mol. The van der Waals surface area contributed by atoms with Crippen molar-refractivity contribution in [1.82, 2.24) is 10.0 Å². The Kier molecular flexibility index (Phi) is 5.66. The Hall–Kier alpha value is -0.130. The zero-order valence-electron chi connectivity index (χ0n) is 12.0. The monoisotopic (exact) mass is 288 g/mol. The van der Waals surface area contributed by atoms with E-state index in [-0.39, 0.29) is 11.8 Å². The van der Waals surface area contributed by atoms with Crippen molar-refractivity contribution < 1.29 is 8.42 Å². The van der Waals surface area contributed by atoms with E-state index in [9.17, 15) is 8.42 Å². The Bertz CT molecular complexity index is 366. The molecule has 0 aliphatic heterocycles. The molecule has 0 saturated heterocycles. The highest BCUT2D eigenvalue weighted by molar-refractivity contribution is 7.89. The van der Waals surface area contributed by atoms with E-state index >= 15 is 0 Å².